The second kappa shape index (κ2) is 8.73. The minimum Gasteiger partial charge on any atom is -0.319 e. The molecule has 0 N–H and O–H groups in total. The lowest BCUT2D eigenvalue weighted by atomic mass is 9.99. The topological polar surface area (TPSA) is 14.2 Å². The zero-order valence-electron chi connectivity index (χ0n) is 21.6. The van der Waals surface area contributed by atoms with Crippen molar-refractivity contribution >= 4 is 49.3 Å². The van der Waals surface area contributed by atoms with Crippen LogP contribution in [-0.2, 0) is 0 Å². The molecule has 0 aliphatic heterocycles. The van der Waals surface area contributed by atoms with Crippen molar-refractivity contribution in [2.24, 2.45) is 0 Å². The van der Waals surface area contributed by atoms with Gasteiger partial charge >= 0.3 is 0 Å². The second-order valence-corrected chi connectivity index (χ2v) is 10.0. The summed E-state index contributed by atoms with van der Waals surface area (Å²) in [4.78, 5) is 3.86. The smallest absolute Gasteiger partial charge is 0.210 e. The predicted octanol–water partition coefficient (Wildman–Crippen LogP) is 10.1. The maximum atomic E-state index is 7.84. The van der Waals surface area contributed by atoms with Crippen molar-refractivity contribution in [2.45, 2.75) is 0 Å². The Kier molecular flexibility index (Phi) is 4.89. The molecule has 3 heteroatoms. The first kappa shape index (κ1) is 22.4. The standard InChI is InChI=1S/C37H23N3/c1-38-29-18-7-10-21-32(29)39-31-20-9-6-16-28(31)37-34(39)23-12-24-35(37)40-30-19-8-5-15-27(30)36-26(17-11-22-33(36)40)25-13-3-2-4-14-25/h2-24H. The van der Waals surface area contributed by atoms with Gasteiger partial charge in [0.2, 0.25) is 5.69 Å². The van der Waals surface area contributed by atoms with Gasteiger partial charge in [-0.2, -0.15) is 0 Å². The van der Waals surface area contributed by atoms with E-state index in [1.807, 2.05) is 24.3 Å². The number of fused-ring (bicyclic) bond motifs is 6. The summed E-state index contributed by atoms with van der Waals surface area (Å²) in [6, 6.07) is 48.9. The Morgan fingerprint density at radius 1 is 0.425 bits per heavy atom. The van der Waals surface area contributed by atoms with Gasteiger partial charge in [0.15, 0.2) is 0 Å². The first-order chi connectivity index (χ1) is 19.8. The van der Waals surface area contributed by atoms with Crippen LogP contribution >= 0.6 is 0 Å². The third kappa shape index (κ3) is 3.11. The van der Waals surface area contributed by atoms with Crippen LogP contribution in [0.4, 0.5) is 5.69 Å². The molecule has 0 aliphatic carbocycles. The summed E-state index contributed by atoms with van der Waals surface area (Å²) in [7, 11) is 0. The number of aromatic nitrogens is 2. The van der Waals surface area contributed by atoms with Crippen LogP contribution in [0.5, 0.6) is 0 Å². The van der Waals surface area contributed by atoms with Crippen LogP contribution in [0.2, 0.25) is 0 Å². The molecule has 40 heavy (non-hydrogen) atoms. The molecule has 0 radical (unpaired) electrons. The number of hydrogen-bond donors (Lipinski definition) is 0. The molecule has 8 aromatic rings. The summed E-state index contributed by atoms with van der Waals surface area (Å²) in [5.74, 6) is 0. The average molecular weight is 510 g/mol. The molecular weight excluding hydrogens is 486 g/mol. The lowest BCUT2D eigenvalue weighted by molar-refractivity contribution is 1.17. The van der Waals surface area contributed by atoms with Crippen LogP contribution in [0.25, 0.3) is 71.0 Å². The van der Waals surface area contributed by atoms with Gasteiger partial charge in [0.1, 0.15) is 0 Å². The van der Waals surface area contributed by atoms with E-state index in [1.165, 1.54) is 38.3 Å². The van der Waals surface area contributed by atoms with E-state index in [4.69, 9.17) is 6.57 Å². The molecule has 6 aromatic carbocycles. The Bertz CT molecular complexity index is 2280. The molecule has 8 rings (SSSR count). The van der Waals surface area contributed by atoms with Gasteiger partial charge in [-0.15, -0.1) is 0 Å². The molecule has 2 heterocycles. The van der Waals surface area contributed by atoms with Crippen LogP contribution in [0.3, 0.4) is 0 Å². The highest BCUT2D eigenvalue weighted by molar-refractivity contribution is 6.19. The Labute approximate surface area is 231 Å². The molecule has 0 bridgehead atoms. The van der Waals surface area contributed by atoms with Gasteiger partial charge < -0.3 is 9.13 Å². The quantitative estimate of drug-likeness (QED) is 0.210. The minimum absolute atomic E-state index is 0.639. The van der Waals surface area contributed by atoms with Crippen molar-refractivity contribution in [2.75, 3.05) is 0 Å². The van der Waals surface area contributed by atoms with Crippen molar-refractivity contribution in [1.29, 1.82) is 0 Å². The maximum absolute atomic E-state index is 7.84. The second-order valence-electron chi connectivity index (χ2n) is 10.0. The molecule has 0 atom stereocenters. The molecule has 0 amide bonds. The van der Waals surface area contributed by atoms with Crippen molar-refractivity contribution < 1.29 is 0 Å². The van der Waals surface area contributed by atoms with Crippen LogP contribution in [0.1, 0.15) is 0 Å². The number of hydrogen-bond acceptors (Lipinski definition) is 0. The first-order valence-electron chi connectivity index (χ1n) is 13.4. The van der Waals surface area contributed by atoms with E-state index >= 15 is 0 Å². The van der Waals surface area contributed by atoms with E-state index in [2.05, 4.69) is 129 Å². The van der Waals surface area contributed by atoms with Crippen molar-refractivity contribution in [3.63, 3.8) is 0 Å². The number of para-hydroxylation sites is 4. The van der Waals surface area contributed by atoms with E-state index < -0.39 is 0 Å². The van der Waals surface area contributed by atoms with Crippen molar-refractivity contribution in [3.05, 3.63) is 151 Å². The van der Waals surface area contributed by atoms with E-state index in [0.717, 1.165) is 27.8 Å². The summed E-state index contributed by atoms with van der Waals surface area (Å²) in [6.07, 6.45) is 0. The molecule has 2 aromatic heterocycles. The van der Waals surface area contributed by atoms with Crippen LogP contribution in [0.15, 0.2) is 140 Å². The highest BCUT2D eigenvalue weighted by Crippen LogP contribution is 2.43. The first-order valence-corrected chi connectivity index (χ1v) is 13.4. The van der Waals surface area contributed by atoms with E-state index in [0.29, 0.717) is 5.69 Å². The highest BCUT2D eigenvalue weighted by Gasteiger charge is 2.21. The van der Waals surface area contributed by atoms with Crippen molar-refractivity contribution in [3.8, 4) is 22.5 Å². The number of nitrogens with zero attached hydrogens (tertiary/aromatic N) is 3. The number of rotatable bonds is 3. The molecule has 0 saturated heterocycles. The fourth-order valence-electron chi connectivity index (χ4n) is 6.33. The monoisotopic (exact) mass is 509 g/mol. The SMILES string of the molecule is [C-]#[N+]c1ccccc1-n1c2ccccc2c2c(-n3c4ccccc4c4c(-c5ccccc5)cccc43)cccc21. The molecule has 0 spiro atoms. The summed E-state index contributed by atoms with van der Waals surface area (Å²) < 4.78 is 4.65. The van der Waals surface area contributed by atoms with E-state index in [-0.39, 0.29) is 0 Å². The molecule has 186 valence electrons. The number of benzene rings is 6. The van der Waals surface area contributed by atoms with Crippen molar-refractivity contribution in [1.82, 2.24) is 9.13 Å². The van der Waals surface area contributed by atoms with E-state index in [1.54, 1.807) is 0 Å². The highest BCUT2D eigenvalue weighted by atomic mass is 15.0. The van der Waals surface area contributed by atoms with Gasteiger partial charge in [0, 0.05) is 21.5 Å². The average Bonchev–Trinajstić information content (AvgIpc) is 3.54. The molecule has 0 saturated carbocycles. The normalized spacial score (nSPS) is 11.5. The van der Waals surface area contributed by atoms with Gasteiger partial charge in [-0.05, 0) is 47.5 Å². The lowest BCUT2D eigenvalue weighted by Gasteiger charge is -2.12. The Morgan fingerprint density at radius 3 is 1.70 bits per heavy atom. The third-order valence-corrected chi connectivity index (χ3v) is 7.94. The van der Waals surface area contributed by atoms with Crippen LogP contribution < -0.4 is 0 Å². The molecule has 0 unspecified atom stereocenters. The summed E-state index contributed by atoms with van der Waals surface area (Å²) >= 11 is 0. The summed E-state index contributed by atoms with van der Waals surface area (Å²) in [5, 5.41) is 4.82. The summed E-state index contributed by atoms with van der Waals surface area (Å²) in [6.45, 7) is 7.84. The van der Waals surface area contributed by atoms with Gasteiger partial charge in [0.25, 0.3) is 0 Å². The van der Waals surface area contributed by atoms with Gasteiger partial charge in [-0.3, -0.25) is 0 Å². The minimum atomic E-state index is 0.639. The van der Waals surface area contributed by atoms with Crippen LogP contribution in [-0.4, -0.2) is 9.13 Å². The van der Waals surface area contributed by atoms with E-state index in [9.17, 15) is 0 Å². The predicted molar refractivity (Wildman–Crippen MR) is 167 cm³/mol. The van der Waals surface area contributed by atoms with Crippen LogP contribution in [0, 0.1) is 6.57 Å². The zero-order valence-corrected chi connectivity index (χ0v) is 21.6. The third-order valence-electron chi connectivity index (χ3n) is 7.94. The lowest BCUT2D eigenvalue weighted by Crippen LogP contribution is -1.96. The fraction of sp³-hybridized carbons (Fsp3) is 0. The van der Waals surface area contributed by atoms with Gasteiger partial charge in [-0.1, -0.05) is 103 Å². The largest absolute Gasteiger partial charge is 0.319 e. The molecule has 0 aliphatic rings. The van der Waals surface area contributed by atoms with Gasteiger partial charge in [0.05, 0.1) is 40.0 Å². The Morgan fingerprint density at radius 2 is 0.950 bits per heavy atom. The zero-order chi connectivity index (χ0) is 26.6. The van der Waals surface area contributed by atoms with Gasteiger partial charge in [-0.25, -0.2) is 4.85 Å². The maximum Gasteiger partial charge on any atom is 0.210 e. The fourth-order valence-corrected chi connectivity index (χ4v) is 6.33. The molecule has 3 nitrogen and oxygen atoms in total. The molecular formula is C37H23N3. The Hall–Kier alpha value is -5.59. The molecule has 0 fully saturated rings. The summed E-state index contributed by atoms with van der Waals surface area (Å²) in [5.41, 5.74) is 9.63. The Balaban J connectivity index is 1.54.